The number of aryl methyl sites for hydroxylation is 2. The number of amides is 1. The summed E-state index contributed by atoms with van der Waals surface area (Å²) in [6.07, 6.45) is 3.97. The molecule has 28 heavy (non-hydrogen) atoms. The molecule has 1 amide bonds. The van der Waals surface area contributed by atoms with Crippen LogP contribution in [0.15, 0.2) is 73.1 Å². The number of carbonyl (C=O) groups excluding carboxylic acids is 1. The van der Waals surface area contributed by atoms with Crippen molar-refractivity contribution in [3.8, 4) is 17.0 Å². The van der Waals surface area contributed by atoms with E-state index in [9.17, 15) is 4.79 Å². The molecular weight excluding hydrogens is 350 g/mol. The summed E-state index contributed by atoms with van der Waals surface area (Å²) in [5, 5.41) is 2.89. The van der Waals surface area contributed by atoms with E-state index in [1.54, 1.807) is 0 Å². The van der Waals surface area contributed by atoms with E-state index in [0.717, 1.165) is 28.0 Å². The van der Waals surface area contributed by atoms with Crippen molar-refractivity contribution >= 4 is 17.2 Å². The lowest BCUT2D eigenvalue weighted by atomic mass is 10.1. The molecule has 0 aliphatic rings. The molecule has 0 saturated carbocycles. The molecule has 0 fully saturated rings. The number of aromatic nitrogens is 2. The molecule has 2 aromatic carbocycles. The minimum Gasteiger partial charge on any atom is -0.483 e. The molecule has 2 heterocycles. The van der Waals surface area contributed by atoms with Gasteiger partial charge in [-0.3, -0.25) is 4.79 Å². The summed E-state index contributed by atoms with van der Waals surface area (Å²) in [6.45, 7) is 3.95. The van der Waals surface area contributed by atoms with Gasteiger partial charge in [-0.1, -0.05) is 36.4 Å². The Bertz CT molecular complexity index is 1150. The average Bonchev–Trinajstić information content (AvgIpc) is 3.13. The number of pyridine rings is 1. The zero-order valence-electron chi connectivity index (χ0n) is 15.8. The van der Waals surface area contributed by atoms with Crippen molar-refractivity contribution in [3.63, 3.8) is 0 Å². The minimum absolute atomic E-state index is 0.0390. The average molecular weight is 371 g/mol. The number of benzene rings is 2. The summed E-state index contributed by atoms with van der Waals surface area (Å²) in [4.78, 5) is 17.0. The standard InChI is InChI=1S/C23H21N3O2/c1-16-7-3-4-11-21(16)28-15-22(27)24-19-10-5-9-18(13-19)20-14-26-12-6-8-17(2)23(26)25-20/h3-14H,15H2,1-2H3,(H,24,27). The second kappa shape index (κ2) is 7.56. The number of rotatable bonds is 5. The molecule has 5 heteroatoms. The van der Waals surface area contributed by atoms with Crippen LogP contribution in [0.5, 0.6) is 5.75 Å². The van der Waals surface area contributed by atoms with Crippen LogP contribution in [0.2, 0.25) is 0 Å². The molecule has 0 unspecified atom stereocenters. The van der Waals surface area contributed by atoms with Gasteiger partial charge < -0.3 is 14.5 Å². The number of hydrogen-bond acceptors (Lipinski definition) is 3. The third-order valence-electron chi connectivity index (χ3n) is 4.57. The Hall–Kier alpha value is -3.60. The summed E-state index contributed by atoms with van der Waals surface area (Å²) in [5.74, 6) is 0.512. The van der Waals surface area contributed by atoms with E-state index in [4.69, 9.17) is 9.72 Å². The first-order chi connectivity index (χ1) is 13.6. The quantitative estimate of drug-likeness (QED) is 0.556. The lowest BCUT2D eigenvalue weighted by Gasteiger charge is -2.10. The van der Waals surface area contributed by atoms with Crippen LogP contribution in [-0.4, -0.2) is 21.9 Å². The molecule has 0 bridgehead atoms. The Balaban J connectivity index is 1.48. The van der Waals surface area contributed by atoms with Gasteiger partial charge in [-0.05, 0) is 49.2 Å². The van der Waals surface area contributed by atoms with Gasteiger partial charge in [0.2, 0.25) is 0 Å². The predicted octanol–water partition coefficient (Wildman–Crippen LogP) is 4.64. The molecule has 0 radical (unpaired) electrons. The van der Waals surface area contributed by atoms with Crippen molar-refractivity contribution in [2.24, 2.45) is 0 Å². The van der Waals surface area contributed by atoms with Crippen LogP contribution >= 0.6 is 0 Å². The maximum absolute atomic E-state index is 12.3. The molecule has 4 rings (SSSR count). The van der Waals surface area contributed by atoms with Crippen LogP contribution in [0, 0.1) is 13.8 Å². The van der Waals surface area contributed by atoms with Gasteiger partial charge in [0.25, 0.3) is 5.91 Å². The predicted molar refractivity (Wildman–Crippen MR) is 111 cm³/mol. The van der Waals surface area contributed by atoms with Gasteiger partial charge in [0.15, 0.2) is 6.61 Å². The highest BCUT2D eigenvalue weighted by molar-refractivity contribution is 5.92. The first kappa shape index (κ1) is 17.8. The smallest absolute Gasteiger partial charge is 0.262 e. The topological polar surface area (TPSA) is 55.6 Å². The number of nitrogens with zero attached hydrogens (tertiary/aromatic N) is 2. The Labute approximate surface area is 163 Å². The van der Waals surface area contributed by atoms with E-state index in [-0.39, 0.29) is 12.5 Å². The van der Waals surface area contributed by atoms with Crippen molar-refractivity contribution in [3.05, 3.63) is 84.2 Å². The number of ether oxygens (including phenoxy) is 1. The lowest BCUT2D eigenvalue weighted by Crippen LogP contribution is -2.20. The number of carbonyl (C=O) groups is 1. The zero-order valence-corrected chi connectivity index (χ0v) is 15.8. The highest BCUT2D eigenvalue weighted by atomic mass is 16.5. The Kier molecular flexibility index (Phi) is 4.81. The fraction of sp³-hybridized carbons (Fsp3) is 0.130. The van der Waals surface area contributed by atoms with Crippen LogP contribution in [0.25, 0.3) is 16.9 Å². The van der Waals surface area contributed by atoms with Crippen LogP contribution < -0.4 is 10.1 Å². The van der Waals surface area contributed by atoms with Gasteiger partial charge in [-0.15, -0.1) is 0 Å². The minimum atomic E-state index is -0.203. The second-order valence-electron chi connectivity index (χ2n) is 6.73. The van der Waals surface area contributed by atoms with Crippen LogP contribution in [-0.2, 0) is 4.79 Å². The number of imidazole rings is 1. The molecule has 0 spiro atoms. The van der Waals surface area contributed by atoms with Gasteiger partial charge in [-0.2, -0.15) is 0 Å². The van der Waals surface area contributed by atoms with Gasteiger partial charge in [0, 0.05) is 23.6 Å². The maximum Gasteiger partial charge on any atom is 0.262 e. The number of anilines is 1. The molecule has 0 aliphatic carbocycles. The summed E-state index contributed by atoms with van der Waals surface area (Å²) in [7, 11) is 0. The molecule has 0 aliphatic heterocycles. The monoisotopic (exact) mass is 371 g/mol. The number of fused-ring (bicyclic) bond motifs is 1. The molecule has 4 aromatic rings. The first-order valence-electron chi connectivity index (χ1n) is 9.13. The molecule has 2 aromatic heterocycles. The fourth-order valence-corrected chi connectivity index (χ4v) is 3.11. The molecule has 140 valence electrons. The van der Waals surface area contributed by atoms with Gasteiger partial charge in [0.05, 0.1) is 5.69 Å². The van der Waals surface area contributed by atoms with E-state index in [2.05, 4.69) is 5.32 Å². The van der Waals surface area contributed by atoms with E-state index >= 15 is 0 Å². The molecule has 0 saturated heterocycles. The third-order valence-corrected chi connectivity index (χ3v) is 4.57. The third kappa shape index (κ3) is 3.74. The molecule has 5 nitrogen and oxygen atoms in total. The Morgan fingerprint density at radius 1 is 1.04 bits per heavy atom. The van der Waals surface area contributed by atoms with E-state index in [1.807, 2.05) is 91.3 Å². The Morgan fingerprint density at radius 3 is 2.68 bits per heavy atom. The SMILES string of the molecule is Cc1ccccc1OCC(=O)Nc1cccc(-c2cn3cccc(C)c3n2)c1. The summed E-state index contributed by atoms with van der Waals surface area (Å²) in [6, 6.07) is 19.3. The van der Waals surface area contributed by atoms with Crippen molar-refractivity contribution in [2.75, 3.05) is 11.9 Å². The number of para-hydroxylation sites is 1. The Morgan fingerprint density at radius 2 is 1.86 bits per heavy atom. The first-order valence-corrected chi connectivity index (χ1v) is 9.13. The van der Waals surface area contributed by atoms with Crippen molar-refractivity contribution in [1.82, 2.24) is 9.38 Å². The molecular formula is C23H21N3O2. The van der Waals surface area contributed by atoms with E-state index in [1.165, 1.54) is 0 Å². The zero-order chi connectivity index (χ0) is 19.5. The number of nitrogens with one attached hydrogen (secondary N) is 1. The van der Waals surface area contributed by atoms with Crippen molar-refractivity contribution in [2.45, 2.75) is 13.8 Å². The summed E-state index contributed by atoms with van der Waals surface area (Å²) < 4.78 is 7.62. The molecule has 0 atom stereocenters. The second-order valence-corrected chi connectivity index (χ2v) is 6.73. The molecule has 1 N–H and O–H groups in total. The summed E-state index contributed by atoms with van der Waals surface area (Å²) >= 11 is 0. The van der Waals surface area contributed by atoms with Crippen molar-refractivity contribution < 1.29 is 9.53 Å². The van der Waals surface area contributed by atoms with Crippen molar-refractivity contribution in [1.29, 1.82) is 0 Å². The van der Waals surface area contributed by atoms with Gasteiger partial charge in [-0.25, -0.2) is 4.98 Å². The van der Waals surface area contributed by atoms with Crippen LogP contribution in [0.1, 0.15) is 11.1 Å². The van der Waals surface area contributed by atoms with Crippen LogP contribution in [0.3, 0.4) is 0 Å². The highest BCUT2D eigenvalue weighted by Gasteiger charge is 2.09. The largest absolute Gasteiger partial charge is 0.483 e. The normalized spacial score (nSPS) is 10.8. The highest BCUT2D eigenvalue weighted by Crippen LogP contribution is 2.23. The fourth-order valence-electron chi connectivity index (χ4n) is 3.11. The van der Waals surface area contributed by atoms with Crippen LogP contribution in [0.4, 0.5) is 5.69 Å². The lowest BCUT2D eigenvalue weighted by molar-refractivity contribution is -0.118. The van der Waals surface area contributed by atoms with E-state index in [0.29, 0.717) is 11.4 Å². The van der Waals surface area contributed by atoms with Gasteiger partial charge in [0.1, 0.15) is 11.4 Å². The summed E-state index contributed by atoms with van der Waals surface area (Å²) in [5.41, 5.74) is 5.57. The maximum atomic E-state index is 12.3. The number of hydrogen-bond donors (Lipinski definition) is 1. The van der Waals surface area contributed by atoms with E-state index < -0.39 is 0 Å². The van der Waals surface area contributed by atoms with Gasteiger partial charge >= 0.3 is 0 Å².